The molecule has 3 heteroatoms. The molecule has 0 radical (unpaired) electrons. The van der Waals surface area contributed by atoms with E-state index in [0.29, 0.717) is 12.5 Å². The zero-order chi connectivity index (χ0) is 16.0. The molecular weight excluding hydrogens is 262 g/mol. The van der Waals surface area contributed by atoms with Gasteiger partial charge in [0.05, 0.1) is 6.61 Å². The molecule has 2 unspecified atom stereocenters. The van der Waals surface area contributed by atoms with E-state index in [-0.39, 0.29) is 12.5 Å². The maximum absolute atomic E-state index is 9.41. The normalized spacial score (nSPS) is 14.0. The van der Waals surface area contributed by atoms with Crippen LogP contribution in [-0.2, 0) is 6.42 Å². The van der Waals surface area contributed by atoms with E-state index in [1.165, 1.54) is 22.3 Å². The zero-order valence-electron chi connectivity index (χ0n) is 14.2. The van der Waals surface area contributed by atoms with Crippen LogP contribution >= 0.6 is 0 Å². The lowest BCUT2D eigenvalue weighted by atomic mass is 9.84. The molecule has 0 saturated carbocycles. The van der Waals surface area contributed by atoms with Gasteiger partial charge in [-0.3, -0.25) is 0 Å². The second-order valence-corrected chi connectivity index (χ2v) is 6.13. The van der Waals surface area contributed by atoms with Crippen LogP contribution in [0.4, 0.5) is 0 Å². The molecule has 1 aromatic carbocycles. The Kier molecular flexibility index (Phi) is 7.20. The summed E-state index contributed by atoms with van der Waals surface area (Å²) in [6, 6.07) is 2.15. The fraction of sp³-hybridized carbons (Fsp3) is 0.667. The highest BCUT2D eigenvalue weighted by Gasteiger charge is 2.19. The highest BCUT2D eigenvalue weighted by molar-refractivity contribution is 5.48. The first kappa shape index (κ1) is 18.0. The molecule has 3 nitrogen and oxygen atoms in total. The van der Waals surface area contributed by atoms with E-state index in [1.807, 2.05) is 0 Å². The third-order valence-corrected chi connectivity index (χ3v) is 4.54. The van der Waals surface area contributed by atoms with E-state index >= 15 is 0 Å². The average molecular weight is 293 g/mol. The highest BCUT2D eigenvalue weighted by atomic mass is 16.5. The summed E-state index contributed by atoms with van der Waals surface area (Å²) in [5.41, 5.74) is 10.9. The largest absolute Gasteiger partial charge is 0.493 e. The molecule has 3 N–H and O–H groups in total. The Morgan fingerprint density at radius 2 is 1.90 bits per heavy atom. The number of rotatable bonds is 8. The summed E-state index contributed by atoms with van der Waals surface area (Å²) in [7, 11) is 0. The maximum atomic E-state index is 9.41. The minimum atomic E-state index is 0.159. The van der Waals surface area contributed by atoms with Crippen molar-refractivity contribution in [3.63, 3.8) is 0 Å². The average Bonchev–Trinajstić information content (AvgIpc) is 2.47. The topological polar surface area (TPSA) is 55.5 Å². The second-order valence-electron chi connectivity index (χ2n) is 6.13. The predicted molar refractivity (Wildman–Crippen MR) is 88.9 cm³/mol. The number of benzene rings is 1. The van der Waals surface area contributed by atoms with E-state index in [1.54, 1.807) is 0 Å². The third kappa shape index (κ3) is 4.45. The molecule has 0 heterocycles. The molecule has 2 atom stereocenters. The Morgan fingerprint density at radius 1 is 1.24 bits per heavy atom. The van der Waals surface area contributed by atoms with Crippen LogP contribution in [0, 0.1) is 32.6 Å². The summed E-state index contributed by atoms with van der Waals surface area (Å²) in [6.45, 7) is 12.2. The Balaban J connectivity index is 3.01. The molecule has 1 rings (SSSR count). The smallest absolute Gasteiger partial charge is 0.122 e. The number of hydrogen-bond acceptors (Lipinski definition) is 3. The molecule has 0 aromatic heterocycles. The molecule has 120 valence electrons. The van der Waals surface area contributed by atoms with Gasteiger partial charge in [0.25, 0.3) is 0 Å². The minimum absolute atomic E-state index is 0.159. The van der Waals surface area contributed by atoms with E-state index in [9.17, 15) is 5.11 Å². The van der Waals surface area contributed by atoms with Gasteiger partial charge in [0, 0.05) is 6.61 Å². The van der Waals surface area contributed by atoms with Gasteiger partial charge < -0.3 is 15.6 Å². The first-order chi connectivity index (χ1) is 9.96. The third-order valence-electron chi connectivity index (χ3n) is 4.54. The fourth-order valence-corrected chi connectivity index (χ4v) is 2.75. The van der Waals surface area contributed by atoms with Crippen molar-refractivity contribution in [3.8, 4) is 5.75 Å². The Bertz CT molecular complexity index is 453. The second kappa shape index (κ2) is 8.40. The van der Waals surface area contributed by atoms with Crippen LogP contribution in [0.15, 0.2) is 6.07 Å². The Hall–Kier alpha value is -1.06. The molecule has 0 saturated heterocycles. The molecule has 0 amide bonds. The van der Waals surface area contributed by atoms with Gasteiger partial charge in [-0.05, 0) is 80.3 Å². The van der Waals surface area contributed by atoms with Gasteiger partial charge in [-0.1, -0.05) is 13.8 Å². The lowest BCUT2D eigenvalue weighted by Gasteiger charge is -2.24. The van der Waals surface area contributed by atoms with Gasteiger partial charge >= 0.3 is 0 Å². The molecule has 0 aliphatic heterocycles. The van der Waals surface area contributed by atoms with Crippen molar-refractivity contribution in [2.75, 3.05) is 19.8 Å². The van der Waals surface area contributed by atoms with Crippen molar-refractivity contribution in [2.45, 2.75) is 47.5 Å². The number of aliphatic hydroxyl groups is 1. The number of hydrogen-bond donors (Lipinski definition) is 2. The minimum Gasteiger partial charge on any atom is -0.493 e. The van der Waals surface area contributed by atoms with Gasteiger partial charge in [0.1, 0.15) is 5.75 Å². The number of aryl methyl sites for hydroxylation is 1. The molecule has 0 aliphatic rings. The van der Waals surface area contributed by atoms with E-state index in [4.69, 9.17) is 10.5 Å². The van der Waals surface area contributed by atoms with Crippen LogP contribution in [0.2, 0.25) is 0 Å². The van der Waals surface area contributed by atoms with Gasteiger partial charge in [-0.25, -0.2) is 0 Å². The van der Waals surface area contributed by atoms with Crippen molar-refractivity contribution < 1.29 is 9.84 Å². The van der Waals surface area contributed by atoms with Crippen LogP contribution in [0.5, 0.6) is 5.75 Å². The molecule has 1 aromatic rings. The molecule has 21 heavy (non-hydrogen) atoms. The Morgan fingerprint density at radius 3 is 2.43 bits per heavy atom. The first-order valence-electron chi connectivity index (χ1n) is 7.99. The summed E-state index contributed by atoms with van der Waals surface area (Å²) in [4.78, 5) is 0. The van der Waals surface area contributed by atoms with Crippen LogP contribution < -0.4 is 10.5 Å². The molecule has 0 spiro atoms. The quantitative estimate of drug-likeness (QED) is 0.774. The van der Waals surface area contributed by atoms with Crippen LogP contribution in [-0.4, -0.2) is 24.9 Å². The van der Waals surface area contributed by atoms with Gasteiger partial charge in [0.15, 0.2) is 0 Å². The predicted octanol–water partition coefficient (Wildman–Crippen LogP) is 3.15. The lowest BCUT2D eigenvalue weighted by Crippen LogP contribution is -2.26. The number of nitrogens with two attached hydrogens (primary N) is 1. The van der Waals surface area contributed by atoms with Crippen LogP contribution in [0.3, 0.4) is 0 Å². The molecule has 0 fully saturated rings. The van der Waals surface area contributed by atoms with Crippen molar-refractivity contribution in [2.24, 2.45) is 17.6 Å². The van der Waals surface area contributed by atoms with Gasteiger partial charge in [0.2, 0.25) is 0 Å². The first-order valence-corrected chi connectivity index (χ1v) is 7.99. The standard InChI is InChI=1S/C18H31NO2/c1-6-7-21-18-9-13(3)17(14(4)15(18)5)8-12(2)16(10-19)11-20/h9,12,16,20H,6-8,10-11,19H2,1-5H3. The van der Waals surface area contributed by atoms with E-state index < -0.39 is 0 Å². The van der Waals surface area contributed by atoms with Gasteiger partial charge in [-0.2, -0.15) is 0 Å². The summed E-state index contributed by atoms with van der Waals surface area (Å²) in [5, 5.41) is 9.41. The van der Waals surface area contributed by atoms with Crippen LogP contribution in [0.1, 0.15) is 42.5 Å². The van der Waals surface area contributed by atoms with Crippen molar-refractivity contribution in [1.82, 2.24) is 0 Å². The molecular formula is C18H31NO2. The van der Waals surface area contributed by atoms with Crippen molar-refractivity contribution >= 4 is 0 Å². The fourth-order valence-electron chi connectivity index (χ4n) is 2.75. The summed E-state index contributed by atoms with van der Waals surface area (Å²) >= 11 is 0. The van der Waals surface area contributed by atoms with Crippen molar-refractivity contribution in [1.29, 1.82) is 0 Å². The monoisotopic (exact) mass is 293 g/mol. The highest BCUT2D eigenvalue weighted by Crippen LogP contribution is 2.30. The lowest BCUT2D eigenvalue weighted by molar-refractivity contribution is 0.187. The summed E-state index contributed by atoms with van der Waals surface area (Å²) < 4.78 is 5.84. The van der Waals surface area contributed by atoms with Crippen LogP contribution in [0.25, 0.3) is 0 Å². The molecule has 0 aliphatic carbocycles. The van der Waals surface area contributed by atoms with E-state index in [2.05, 4.69) is 40.7 Å². The Labute approximate surface area is 129 Å². The number of aliphatic hydroxyl groups excluding tert-OH is 1. The summed E-state index contributed by atoms with van der Waals surface area (Å²) in [5.74, 6) is 1.54. The zero-order valence-corrected chi connectivity index (χ0v) is 14.2. The number of ether oxygens (including phenoxy) is 1. The van der Waals surface area contributed by atoms with E-state index in [0.717, 1.165) is 25.2 Å². The SMILES string of the molecule is CCCOc1cc(C)c(CC(C)C(CN)CO)c(C)c1C. The van der Waals surface area contributed by atoms with Gasteiger partial charge in [-0.15, -0.1) is 0 Å². The molecule has 0 bridgehead atoms. The summed E-state index contributed by atoms with van der Waals surface area (Å²) in [6.07, 6.45) is 1.97. The van der Waals surface area contributed by atoms with Crippen molar-refractivity contribution in [3.05, 3.63) is 28.3 Å². The maximum Gasteiger partial charge on any atom is 0.122 e.